The van der Waals surface area contributed by atoms with Crippen molar-refractivity contribution in [3.8, 4) is 12.3 Å². The second-order valence-corrected chi connectivity index (χ2v) is 6.34. The van der Waals surface area contributed by atoms with E-state index in [1.807, 2.05) is 14.0 Å². The van der Waals surface area contributed by atoms with Crippen molar-refractivity contribution in [2.75, 3.05) is 33.2 Å². The van der Waals surface area contributed by atoms with Crippen LogP contribution in [-0.4, -0.2) is 56.3 Å². The summed E-state index contributed by atoms with van der Waals surface area (Å²) in [5.41, 5.74) is 0. The lowest BCUT2D eigenvalue weighted by atomic mass is 10.1. The topological polar surface area (TPSA) is 52.7 Å². The molecule has 0 aromatic carbocycles. The summed E-state index contributed by atoms with van der Waals surface area (Å²) in [6.45, 7) is 3.64. The summed E-state index contributed by atoms with van der Waals surface area (Å²) in [5, 5.41) is 3.06. The van der Waals surface area contributed by atoms with E-state index < -0.39 is 10.2 Å². The number of terminal acetylenes is 1. The van der Waals surface area contributed by atoms with Crippen LogP contribution in [0, 0.1) is 12.3 Å². The molecule has 1 heterocycles. The zero-order valence-electron chi connectivity index (χ0n) is 11.2. The van der Waals surface area contributed by atoms with Crippen LogP contribution in [0.25, 0.3) is 0 Å². The molecule has 1 N–H and O–H groups in total. The summed E-state index contributed by atoms with van der Waals surface area (Å²) < 4.78 is 28.0. The highest BCUT2D eigenvalue weighted by molar-refractivity contribution is 7.86. The van der Waals surface area contributed by atoms with Crippen molar-refractivity contribution >= 4 is 10.2 Å². The average Bonchev–Trinajstić information content (AvgIpc) is 2.36. The van der Waals surface area contributed by atoms with Gasteiger partial charge in [-0.05, 0) is 19.9 Å². The van der Waals surface area contributed by atoms with Crippen molar-refractivity contribution in [3.63, 3.8) is 0 Å². The van der Waals surface area contributed by atoms with E-state index >= 15 is 0 Å². The van der Waals surface area contributed by atoms with Gasteiger partial charge in [0.25, 0.3) is 10.2 Å². The smallest absolute Gasteiger partial charge is 0.283 e. The predicted octanol–water partition coefficient (Wildman–Crippen LogP) is 0.260. The number of piperidine rings is 1. The molecule has 1 saturated heterocycles. The Hall–Kier alpha value is -0.610. The molecule has 104 valence electrons. The molecule has 1 aliphatic heterocycles. The highest BCUT2D eigenvalue weighted by Crippen LogP contribution is 2.22. The van der Waals surface area contributed by atoms with E-state index in [0.29, 0.717) is 19.6 Å². The molecule has 0 spiro atoms. The van der Waals surface area contributed by atoms with Crippen molar-refractivity contribution < 1.29 is 8.42 Å². The zero-order chi connectivity index (χ0) is 13.6. The molecule has 1 unspecified atom stereocenters. The summed E-state index contributed by atoms with van der Waals surface area (Å²) >= 11 is 0. The van der Waals surface area contributed by atoms with E-state index in [4.69, 9.17) is 6.42 Å². The number of hydrogen-bond donors (Lipinski definition) is 1. The fourth-order valence-electron chi connectivity index (χ4n) is 2.32. The van der Waals surface area contributed by atoms with Gasteiger partial charge in [-0.3, -0.25) is 0 Å². The van der Waals surface area contributed by atoms with Gasteiger partial charge in [0.05, 0.1) is 6.54 Å². The van der Waals surface area contributed by atoms with Gasteiger partial charge in [0.15, 0.2) is 0 Å². The van der Waals surface area contributed by atoms with Crippen LogP contribution < -0.4 is 5.32 Å². The molecular weight excluding hydrogens is 250 g/mol. The van der Waals surface area contributed by atoms with Crippen molar-refractivity contribution in [1.82, 2.24) is 13.9 Å². The summed E-state index contributed by atoms with van der Waals surface area (Å²) in [7, 11) is -1.58. The minimum atomic E-state index is -3.42. The van der Waals surface area contributed by atoms with Crippen LogP contribution >= 0.6 is 0 Å². The number of rotatable bonds is 6. The number of hydrogen-bond acceptors (Lipinski definition) is 3. The molecule has 5 nitrogen and oxygen atoms in total. The van der Waals surface area contributed by atoms with Gasteiger partial charge in [0.1, 0.15) is 0 Å². The van der Waals surface area contributed by atoms with E-state index in [0.717, 1.165) is 19.3 Å². The second-order valence-electron chi connectivity index (χ2n) is 4.46. The number of likely N-dealkylation sites (N-methyl/N-ethyl adjacent to an activating group) is 1. The molecule has 0 aliphatic carbocycles. The summed E-state index contributed by atoms with van der Waals surface area (Å²) in [6, 6.07) is 0.0422. The monoisotopic (exact) mass is 273 g/mol. The quantitative estimate of drug-likeness (QED) is 0.706. The van der Waals surface area contributed by atoms with Gasteiger partial charge in [0.2, 0.25) is 0 Å². The van der Waals surface area contributed by atoms with E-state index in [9.17, 15) is 8.42 Å². The molecule has 1 rings (SSSR count). The molecule has 0 aromatic rings. The summed E-state index contributed by atoms with van der Waals surface area (Å²) in [4.78, 5) is 0. The van der Waals surface area contributed by atoms with Gasteiger partial charge in [-0.2, -0.15) is 17.0 Å². The third kappa shape index (κ3) is 3.45. The Balaban J connectivity index is 2.89. The van der Waals surface area contributed by atoms with Crippen molar-refractivity contribution in [2.24, 2.45) is 0 Å². The first kappa shape index (κ1) is 15.4. The molecule has 1 aliphatic rings. The fraction of sp³-hybridized carbons (Fsp3) is 0.833. The Morgan fingerprint density at radius 3 is 2.78 bits per heavy atom. The zero-order valence-corrected chi connectivity index (χ0v) is 12.0. The normalized spacial score (nSPS) is 22.0. The molecular formula is C12H23N3O2S. The molecule has 0 saturated carbocycles. The third-order valence-electron chi connectivity index (χ3n) is 3.26. The van der Waals surface area contributed by atoms with Gasteiger partial charge in [-0.1, -0.05) is 19.3 Å². The largest absolute Gasteiger partial charge is 0.318 e. The first-order valence-corrected chi connectivity index (χ1v) is 7.82. The van der Waals surface area contributed by atoms with Gasteiger partial charge in [-0.25, -0.2) is 0 Å². The molecule has 0 amide bonds. The maximum atomic E-state index is 12.5. The van der Waals surface area contributed by atoms with E-state index in [-0.39, 0.29) is 12.6 Å². The highest BCUT2D eigenvalue weighted by Gasteiger charge is 2.35. The van der Waals surface area contributed by atoms with Crippen molar-refractivity contribution in [2.45, 2.75) is 32.2 Å². The minimum absolute atomic E-state index is 0.0422. The Kier molecular flexibility index (Phi) is 6.09. The standard InChI is InChI=1S/C12H23N3O2S/c1-4-9-14(5-2)18(16,17)15-10-7-6-8-12(15)11-13-3/h1,12-13H,5-11H2,2-3H3. The molecule has 18 heavy (non-hydrogen) atoms. The Labute approximate surface area is 111 Å². The maximum absolute atomic E-state index is 12.5. The predicted molar refractivity (Wildman–Crippen MR) is 73.3 cm³/mol. The SMILES string of the molecule is C#CCN(CC)S(=O)(=O)N1CCCCC1CNC. The minimum Gasteiger partial charge on any atom is -0.318 e. The summed E-state index contributed by atoms with van der Waals surface area (Å²) in [6.07, 6.45) is 8.15. The molecule has 0 radical (unpaired) electrons. The van der Waals surface area contributed by atoms with Gasteiger partial charge >= 0.3 is 0 Å². The Bertz CT molecular complexity index is 387. The molecule has 1 fully saturated rings. The molecule has 0 aromatic heterocycles. The second kappa shape index (κ2) is 7.10. The number of nitrogens with zero attached hydrogens (tertiary/aromatic N) is 2. The van der Waals surface area contributed by atoms with E-state index in [1.165, 1.54) is 4.31 Å². The van der Waals surface area contributed by atoms with Crippen LogP contribution in [0.2, 0.25) is 0 Å². The van der Waals surface area contributed by atoms with Crippen molar-refractivity contribution in [1.29, 1.82) is 0 Å². The van der Waals surface area contributed by atoms with Gasteiger partial charge < -0.3 is 5.32 Å². The average molecular weight is 273 g/mol. The fourth-order valence-corrected chi connectivity index (χ4v) is 4.10. The Morgan fingerprint density at radius 2 is 2.22 bits per heavy atom. The molecule has 6 heteroatoms. The molecule has 1 atom stereocenters. The van der Waals surface area contributed by atoms with Crippen LogP contribution in [0.4, 0.5) is 0 Å². The van der Waals surface area contributed by atoms with Crippen LogP contribution in [0.3, 0.4) is 0 Å². The lowest BCUT2D eigenvalue weighted by Crippen LogP contribution is -2.53. The first-order valence-electron chi connectivity index (χ1n) is 6.42. The van der Waals surface area contributed by atoms with Crippen LogP contribution in [-0.2, 0) is 10.2 Å². The van der Waals surface area contributed by atoms with Gasteiger partial charge in [-0.15, -0.1) is 6.42 Å². The van der Waals surface area contributed by atoms with Crippen LogP contribution in [0.15, 0.2) is 0 Å². The number of nitrogens with one attached hydrogen (secondary N) is 1. The van der Waals surface area contributed by atoms with Crippen LogP contribution in [0.5, 0.6) is 0 Å². The van der Waals surface area contributed by atoms with E-state index in [1.54, 1.807) is 4.31 Å². The highest BCUT2D eigenvalue weighted by atomic mass is 32.2. The van der Waals surface area contributed by atoms with Gasteiger partial charge in [0, 0.05) is 25.7 Å². The first-order chi connectivity index (χ1) is 8.57. The molecule has 0 bridgehead atoms. The maximum Gasteiger partial charge on any atom is 0.283 e. The van der Waals surface area contributed by atoms with Crippen LogP contribution in [0.1, 0.15) is 26.2 Å². The summed E-state index contributed by atoms with van der Waals surface area (Å²) in [5.74, 6) is 2.42. The lowest BCUT2D eigenvalue weighted by Gasteiger charge is -2.37. The van der Waals surface area contributed by atoms with E-state index in [2.05, 4.69) is 11.2 Å². The Morgan fingerprint density at radius 1 is 1.50 bits per heavy atom. The van der Waals surface area contributed by atoms with Crippen molar-refractivity contribution in [3.05, 3.63) is 0 Å². The third-order valence-corrected chi connectivity index (χ3v) is 5.37. The lowest BCUT2D eigenvalue weighted by molar-refractivity contribution is 0.232.